The van der Waals surface area contributed by atoms with Gasteiger partial charge in [-0.2, -0.15) is 0 Å². The number of rotatable bonds is 10. The number of piperidine rings is 1. The molecule has 7 heteroatoms. The first-order valence-electron chi connectivity index (χ1n) is 12.9. The first-order chi connectivity index (χ1) is 16.6. The summed E-state index contributed by atoms with van der Waals surface area (Å²) in [6.45, 7) is 9.35. The lowest BCUT2D eigenvalue weighted by molar-refractivity contribution is 0.0697. The normalized spacial score (nSPS) is 17.2. The highest BCUT2D eigenvalue weighted by Crippen LogP contribution is 2.26. The molecule has 0 atom stereocenters. The van der Waals surface area contributed by atoms with Gasteiger partial charge in [0.1, 0.15) is 5.75 Å². The minimum atomic E-state index is -0.871. The fourth-order valence-electron chi connectivity index (χ4n) is 5.12. The molecule has 1 N–H and O–H groups in total. The third kappa shape index (κ3) is 7.52. The van der Waals surface area contributed by atoms with Crippen molar-refractivity contribution in [3.05, 3.63) is 54.1 Å². The van der Waals surface area contributed by atoms with Crippen molar-refractivity contribution in [3.8, 4) is 5.75 Å². The zero-order valence-electron chi connectivity index (χ0n) is 20.9. The van der Waals surface area contributed by atoms with Gasteiger partial charge in [0, 0.05) is 56.7 Å². The maximum absolute atomic E-state index is 11.1. The number of anilines is 2. The Hall–Kier alpha value is -2.44. The van der Waals surface area contributed by atoms with Gasteiger partial charge < -0.3 is 19.6 Å². The van der Waals surface area contributed by atoms with Crippen LogP contribution in [0.15, 0.2) is 48.5 Å². The Kier molecular flexibility index (Phi) is 10.5. The Labute approximate surface area is 216 Å². The molecule has 4 rings (SSSR count). The van der Waals surface area contributed by atoms with Crippen LogP contribution in [0.3, 0.4) is 0 Å². The fourth-order valence-corrected chi connectivity index (χ4v) is 5.12. The number of hydrogen-bond acceptors (Lipinski definition) is 5. The molecule has 2 saturated heterocycles. The number of nitrogens with zero attached hydrogens (tertiary/aromatic N) is 3. The summed E-state index contributed by atoms with van der Waals surface area (Å²) in [4.78, 5) is 18.6. The Morgan fingerprint density at radius 2 is 1.40 bits per heavy atom. The summed E-state index contributed by atoms with van der Waals surface area (Å²) in [6.07, 6.45) is 7.32. The number of carboxylic acid groups (broad SMARTS) is 1. The SMILES string of the molecule is CCCCCCOc1ccc(N2CCC(N3CCN(c4ccc(C(=O)O)cc4)CC3)CC2)cc1.Cl. The molecule has 0 bridgehead atoms. The number of carbonyl (C=O) groups is 1. The van der Waals surface area contributed by atoms with Gasteiger partial charge in [0.05, 0.1) is 12.2 Å². The van der Waals surface area contributed by atoms with Crippen LogP contribution in [-0.4, -0.2) is 67.9 Å². The van der Waals surface area contributed by atoms with Crippen LogP contribution in [-0.2, 0) is 0 Å². The number of aromatic carboxylic acids is 1. The van der Waals surface area contributed by atoms with Crippen molar-refractivity contribution in [3.63, 3.8) is 0 Å². The van der Waals surface area contributed by atoms with Gasteiger partial charge >= 0.3 is 5.97 Å². The summed E-state index contributed by atoms with van der Waals surface area (Å²) in [5, 5.41) is 9.09. The van der Waals surface area contributed by atoms with Crippen molar-refractivity contribution in [2.45, 2.75) is 51.5 Å². The molecule has 0 amide bonds. The Bertz CT molecular complexity index is 891. The quantitative estimate of drug-likeness (QED) is 0.430. The number of ether oxygens (including phenoxy) is 1. The van der Waals surface area contributed by atoms with Crippen LogP contribution in [0.1, 0.15) is 55.8 Å². The Morgan fingerprint density at radius 1 is 0.829 bits per heavy atom. The predicted octanol–water partition coefficient (Wildman–Crippen LogP) is 5.56. The summed E-state index contributed by atoms with van der Waals surface area (Å²) in [5.74, 6) is 0.107. The molecule has 2 aliphatic rings. The third-order valence-electron chi connectivity index (χ3n) is 7.24. The van der Waals surface area contributed by atoms with Crippen LogP contribution in [0.2, 0.25) is 0 Å². The summed E-state index contributed by atoms with van der Waals surface area (Å²) in [7, 11) is 0. The van der Waals surface area contributed by atoms with E-state index in [1.165, 1.54) is 37.8 Å². The van der Waals surface area contributed by atoms with Crippen molar-refractivity contribution in [1.29, 1.82) is 0 Å². The molecule has 2 aliphatic heterocycles. The smallest absolute Gasteiger partial charge is 0.335 e. The summed E-state index contributed by atoms with van der Waals surface area (Å²) < 4.78 is 5.89. The zero-order valence-corrected chi connectivity index (χ0v) is 21.7. The highest BCUT2D eigenvalue weighted by molar-refractivity contribution is 5.88. The summed E-state index contributed by atoms with van der Waals surface area (Å²) in [5.41, 5.74) is 2.76. The average molecular weight is 502 g/mol. The van der Waals surface area contributed by atoms with Crippen molar-refractivity contribution in [2.75, 3.05) is 55.7 Å². The zero-order chi connectivity index (χ0) is 23.8. The molecule has 0 unspecified atom stereocenters. The van der Waals surface area contributed by atoms with Crippen LogP contribution in [0.5, 0.6) is 5.75 Å². The average Bonchev–Trinajstić information content (AvgIpc) is 2.89. The van der Waals surface area contributed by atoms with Gasteiger partial charge in [0.2, 0.25) is 0 Å². The molecule has 0 aromatic heterocycles. The lowest BCUT2D eigenvalue weighted by Gasteiger charge is -2.43. The number of halogens is 1. The highest BCUT2D eigenvalue weighted by atomic mass is 35.5. The molecule has 0 aliphatic carbocycles. The van der Waals surface area contributed by atoms with Gasteiger partial charge in [-0.25, -0.2) is 4.79 Å². The second-order valence-electron chi connectivity index (χ2n) is 9.50. The van der Waals surface area contributed by atoms with Gasteiger partial charge in [0.25, 0.3) is 0 Å². The molecule has 2 heterocycles. The van der Waals surface area contributed by atoms with Gasteiger partial charge in [-0.15, -0.1) is 12.4 Å². The van der Waals surface area contributed by atoms with Gasteiger partial charge in [0.15, 0.2) is 0 Å². The van der Waals surface area contributed by atoms with Crippen molar-refractivity contribution < 1.29 is 14.6 Å². The summed E-state index contributed by atoms with van der Waals surface area (Å²) in [6, 6.07) is 16.6. The van der Waals surface area contributed by atoms with E-state index >= 15 is 0 Å². The molecule has 0 radical (unpaired) electrons. The van der Waals surface area contributed by atoms with E-state index in [1.54, 1.807) is 12.1 Å². The second kappa shape index (κ2) is 13.6. The minimum Gasteiger partial charge on any atom is -0.494 e. The van der Waals surface area contributed by atoms with Gasteiger partial charge in [-0.05, 0) is 67.8 Å². The van der Waals surface area contributed by atoms with E-state index < -0.39 is 5.97 Å². The van der Waals surface area contributed by atoms with Crippen LogP contribution in [0.4, 0.5) is 11.4 Å². The summed E-state index contributed by atoms with van der Waals surface area (Å²) >= 11 is 0. The number of unbranched alkanes of at least 4 members (excludes halogenated alkanes) is 3. The fraction of sp³-hybridized carbons (Fsp3) is 0.536. The molecule has 35 heavy (non-hydrogen) atoms. The topological polar surface area (TPSA) is 56.2 Å². The monoisotopic (exact) mass is 501 g/mol. The maximum Gasteiger partial charge on any atom is 0.335 e. The third-order valence-corrected chi connectivity index (χ3v) is 7.24. The highest BCUT2D eigenvalue weighted by Gasteiger charge is 2.27. The van der Waals surface area contributed by atoms with Crippen molar-refractivity contribution in [2.24, 2.45) is 0 Å². The van der Waals surface area contributed by atoms with E-state index in [0.29, 0.717) is 11.6 Å². The standard InChI is InChI=1S/C28H39N3O3.ClH/c1-2-3-4-5-22-34-27-12-10-25(11-13-27)29-16-14-26(15-17-29)31-20-18-30(19-21-31)24-8-6-23(7-9-24)28(32)33;/h6-13,26H,2-5,14-22H2,1H3,(H,32,33);1H. The lowest BCUT2D eigenvalue weighted by Crippen LogP contribution is -2.53. The van der Waals surface area contributed by atoms with Gasteiger partial charge in [-0.1, -0.05) is 26.2 Å². The number of carboxylic acids is 1. The molecule has 0 saturated carbocycles. The number of benzene rings is 2. The Balaban J connectivity index is 0.00000342. The van der Waals surface area contributed by atoms with E-state index in [-0.39, 0.29) is 12.4 Å². The van der Waals surface area contributed by atoms with E-state index in [0.717, 1.165) is 63.7 Å². The molecule has 192 valence electrons. The Morgan fingerprint density at radius 3 is 1.97 bits per heavy atom. The van der Waals surface area contributed by atoms with E-state index in [2.05, 4.69) is 45.9 Å². The molecule has 2 aromatic carbocycles. The van der Waals surface area contributed by atoms with Crippen LogP contribution in [0, 0.1) is 0 Å². The van der Waals surface area contributed by atoms with Crippen LogP contribution < -0.4 is 14.5 Å². The molecule has 2 aromatic rings. The molecule has 2 fully saturated rings. The minimum absolute atomic E-state index is 0. The molecule has 6 nitrogen and oxygen atoms in total. The van der Waals surface area contributed by atoms with Crippen molar-refractivity contribution >= 4 is 29.8 Å². The number of hydrogen-bond donors (Lipinski definition) is 1. The van der Waals surface area contributed by atoms with Crippen LogP contribution >= 0.6 is 12.4 Å². The predicted molar refractivity (Wildman–Crippen MR) is 146 cm³/mol. The van der Waals surface area contributed by atoms with E-state index in [9.17, 15) is 4.79 Å². The van der Waals surface area contributed by atoms with E-state index in [1.807, 2.05) is 12.1 Å². The maximum atomic E-state index is 11.1. The molecular weight excluding hydrogens is 462 g/mol. The molecule has 0 spiro atoms. The number of piperazine rings is 1. The molecular formula is C28H40ClN3O3. The van der Waals surface area contributed by atoms with Crippen molar-refractivity contribution in [1.82, 2.24) is 4.90 Å². The first-order valence-corrected chi connectivity index (χ1v) is 12.9. The van der Waals surface area contributed by atoms with Gasteiger partial charge in [-0.3, -0.25) is 4.90 Å². The van der Waals surface area contributed by atoms with E-state index in [4.69, 9.17) is 9.84 Å². The first kappa shape index (κ1) is 27.2. The van der Waals surface area contributed by atoms with Crippen LogP contribution in [0.25, 0.3) is 0 Å². The largest absolute Gasteiger partial charge is 0.494 e. The second-order valence-corrected chi connectivity index (χ2v) is 9.50. The lowest BCUT2D eigenvalue weighted by atomic mass is 10.0.